The maximum Gasteiger partial charge on any atom is 0.478 e. The van der Waals surface area contributed by atoms with E-state index in [-0.39, 0.29) is 17.9 Å². The summed E-state index contributed by atoms with van der Waals surface area (Å²) in [5, 5.41) is 0.000119. The van der Waals surface area contributed by atoms with E-state index in [0.29, 0.717) is 12.8 Å². The van der Waals surface area contributed by atoms with Crippen molar-refractivity contribution in [1.82, 2.24) is 0 Å². The molecule has 0 aliphatic heterocycles. The Morgan fingerprint density at radius 1 is 0.792 bits per heavy atom. The van der Waals surface area contributed by atoms with Crippen LogP contribution >= 0.6 is 0 Å². The molecular formula is C14H24N3O7+. The van der Waals surface area contributed by atoms with Crippen molar-refractivity contribution in [2.24, 2.45) is 23.3 Å². The molecule has 0 aromatic heterocycles. The fraction of sp³-hybridized carbons (Fsp3) is 0.857. The lowest BCUT2D eigenvalue weighted by Gasteiger charge is -2.14. The van der Waals surface area contributed by atoms with Crippen LogP contribution in [-0.2, 0) is 28.7 Å². The van der Waals surface area contributed by atoms with Gasteiger partial charge in [-0.15, -0.1) is 0 Å². The molecule has 0 bridgehead atoms. The SMILES string of the molecule is COC1CC(C(N)=O)CC1O[N+](=O)OC1CC(C(N)=O)CC1OC. The summed E-state index contributed by atoms with van der Waals surface area (Å²) in [6, 6.07) is 0. The van der Waals surface area contributed by atoms with Crippen molar-refractivity contribution < 1.29 is 33.8 Å². The van der Waals surface area contributed by atoms with Crippen molar-refractivity contribution in [3.8, 4) is 0 Å². The van der Waals surface area contributed by atoms with E-state index in [4.69, 9.17) is 30.6 Å². The number of hydrogen-bond acceptors (Lipinski definition) is 7. The van der Waals surface area contributed by atoms with Crippen molar-refractivity contribution in [3.05, 3.63) is 4.91 Å². The molecule has 2 fully saturated rings. The predicted octanol–water partition coefficient (Wildman–Crippen LogP) is -0.814. The molecule has 0 radical (unpaired) electrons. The molecule has 10 heteroatoms. The number of ether oxygens (including phenoxy) is 2. The molecule has 10 nitrogen and oxygen atoms in total. The van der Waals surface area contributed by atoms with Crippen LogP contribution in [0.1, 0.15) is 25.7 Å². The van der Waals surface area contributed by atoms with Crippen molar-refractivity contribution in [1.29, 1.82) is 0 Å². The van der Waals surface area contributed by atoms with E-state index in [1.807, 2.05) is 0 Å². The molecular weight excluding hydrogens is 322 g/mol. The van der Waals surface area contributed by atoms with Crippen LogP contribution in [0, 0.1) is 16.7 Å². The Hall–Kier alpha value is -1.94. The van der Waals surface area contributed by atoms with Gasteiger partial charge in [0.05, 0.1) is 0 Å². The van der Waals surface area contributed by atoms with Gasteiger partial charge in [0.25, 0.3) is 0 Å². The topological polar surface area (TPSA) is 143 Å². The summed E-state index contributed by atoms with van der Waals surface area (Å²) >= 11 is 0. The van der Waals surface area contributed by atoms with E-state index in [9.17, 15) is 14.5 Å². The third kappa shape index (κ3) is 4.12. The van der Waals surface area contributed by atoms with Crippen LogP contribution in [-0.4, -0.2) is 55.5 Å². The number of nitrogens with zero attached hydrogens (tertiary/aromatic N) is 1. The minimum atomic E-state index is -0.640. The molecule has 2 amide bonds. The molecule has 4 N–H and O–H groups in total. The van der Waals surface area contributed by atoms with Gasteiger partial charge < -0.3 is 20.9 Å². The fourth-order valence-corrected chi connectivity index (χ4v) is 3.35. The van der Waals surface area contributed by atoms with Gasteiger partial charge in [-0.25, -0.2) is 0 Å². The molecule has 6 atom stereocenters. The van der Waals surface area contributed by atoms with E-state index in [2.05, 4.69) is 0 Å². The van der Waals surface area contributed by atoms with Crippen LogP contribution < -0.4 is 11.5 Å². The van der Waals surface area contributed by atoms with Crippen LogP contribution in [0.15, 0.2) is 0 Å². The molecule has 2 rings (SSSR count). The number of primary amides is 2. The van der Waals surface area contributed by atoms with Crippen molar-refractivity contribution >= 4 is 11.8 Å². The van der Waals surface area contributed by atoms with Crippen LogP contribution in [0.4, 0.5) is 0 Å². The van der Waals surface area contributed by atoms with Gasteiger partial charge in [0.1, 0.15) is 17.1 Å². The van der Waals surface area contributed by atoms with E-state index in [1.165, 1.54) is 14.2 Å². The van der Waals surface area contributed by atoms with Gasteiger partial charge in [0.15, 0.2) is 0 Å². The van der Waals surface area contributed by atoms with Crippen LogP contribution in [0.3, 0.4) is 0 Å². The monoisotopic (exact) mass is 346 g/mol. The predicted molar refractivity (Wildman–Crippen MR) is 78.8 cm³/mol. The number of carbonyl (C=O) groups is 2. The highest BCUT2D eigenvalue weighted by molar-refractivity contribution is 5.77. The molecule has 2 aliphatic carbocycles. The summed E-state index contributed by atoms with van der Waals surface area (Å²) in [7, 11) is 2.94. The van der Waals surface area contributed by atoms with Gasteiger partial charge in [0.2, 0.25) is 24.0 Å². The Balaban J connectivity index is 1.90. The number of carbonyl (C=O) groups excluding carboxylic acids is 2. The van der Waals surface area contributed by atoms with Crippen LogP contribution in [0.2, 0.25) is 0 Å². The highest BCUT2D eigenvalue weighted by Gasteiger charge is 2.47. The zero-order chi connectivity index (χ0) is 17.9. The summed E-state index contributed by atoms with van der Waals surface area (Å²) in [6.07, 6.45) is -0.809. The number of amides is 2. The zero-order valence-corrected chi connectivity index (χ0v) is 13.8. The molecule has 0 aromatic rings. The first-order chi connectivity index (χ1) is 11.3. The maximum absolute atomic E-state index is 12.0. The molecule has 136 valence electrons. The van der Waals surface area contributed by atoms with Gasteiger partial charge in [-0.2, -0.15) is 9.68 Å². The zero-order valence-electron chi connectivity index (χ0n) is 13.8. The average molecular weight is 346 g/mol. The van der Waals surface area contributed by atoms with Gasteiger partial charge in [-0.05, 0) is 12.8 Å². The lowest BCUT2D eigenvalue weighted by molar-refractivity contribution is -0.993. The first-order valence-electron chi connectivity index (χ1n) is 7.80. The van der Waals surface area contributed by atoms with Gasteiger partial charge >= 0.3 is 5.09 Å². The molecule has 0 spiro atoms. The minimum Gasteiger partial charge on any atom is -0.377 e. The van der Waals surface area contributed by atoms with Crippen molar-refractivity contribution in [3.63, 3.8) is 0 Å². The maximum atomic E-state index is 12.0. The molecule has 0 heterocycles. The Labute approximate surface area is 139 Å². The normalized spacial score (nSPS) is 35.6. The molecule has 2 saturated carbocycles. The summed E-state index contributed by atoms with van der Waals surface area (Å²) in [4.78, 5) is 44.9. The molecule has 6 unspecified atom stereocenters. The molecule has 0 aromatic carbocycles. The second kappa shape index (κ2) is 7.75. The highest BCUT2D eigenvalue weighted by Crippen LogP contribution is 2.32. The van der Waals surface area contributed by atoms with Crippen molar-refractivity contribution in [2.75, 3.05) is 14.2 Å². The summed E-state index contributed by atoms with van der Waals surface area (Å²) < 4.78 is 10.5. The third-order valence-electron chi connectivity index (χ3n) is 4.75. The number of nitrogens with two attached hydrogens (primary N) is 2. The van der Waals surface area contributed by atoms with E-state index in [0.717, 1.165) is 0 Å². The quantitative estimate of drug-likeness (QED) is 0.547. The largest absolute Gasteiger partial charge is 0.478 e. The summed E-state index contributed by atoms with van der Waals surface area (Å²) in [5.74, 6) is -1.74. The van der Waals surface area contributed by atoms with Gasteiger partial charge in [0, 0.05) is 38.9 Å². The summed E-state index contributed by atoms with van der Waals surface area (Å²) in [6.45, 7) is 0. The first kappa shape index (κ1) is 18.4. The number of hydrogen-bond donors (Lipinski definition) is 2. The number of methoxy groups -OCH3 is 2. The van der Waals surface area contributed by atoms with E-state index in [1.54, 1.807) is 0 Å². The Kier molecular flexibility index (Phi) is 5.94. The van der Waals surface area contributed by atoms with Gasteiger partial charge in [-0.1, -0.05) is 0 Å². The van der Waals surface area contributed by atoms with E-state index < -0.39 is 48.1 Å². The lowest BCUT2D eigenvalue weighted by atomic mass is 10.1. The molecule has 0 saturated heterocycles. The second-order valence-electron chi connectivity index (χ2n) is 6.20. The third-order valence-corrected chi connectivity index (χ3v) is 4.75. The number of rotatable bonds is 8. The standard InChI is InChI=1S/C14H23N3O7/c1-21-9-3-7(13(15)18)5-11(9)23-17(20)24-12-6-8(14(16)19)4-10(12)22-2/h7-12H,3-6H2,1-2H3,(H3-,15,16,18,19)/p+1. The fourth-order valence-electron chi connectivity index (χ4n) is 3.35. The van der Waals surface area contributed by atoms with Crippen molar-refractivity contribution in [2.45, 2.75) is 50.1 Å². The average Bonchev–Trinajstić information content (AvgIpc) is 3.11. The van der Waals surface area contributed by atoms with Crippen LogP contribution in [0.5, 0.6) is 0 Å². The van der Waals surface area contributed by atoms with E-state index >= 15 is 0 Å². The Morgan fingerprint density at radius 3 is 1.42 bits per heavy atom. The Bertz CT molecular complexity index is 459. The Morgan fingerprint density at radius 2 is 1.12 bits per heavy atom. The molecule has 24 heavy (non-hydrogen) atoms. The van der Waals surface area contributed by atoms with Gasteiger partial charge in [-0.3, -0.25) is 9.59 Å². The second-order valence-corrected chi connectivity index (χ2v) is 6.20. The van der Waals surface area contributed by atoms with Crippen LogP contribution in [0.25, 0.3) is 0 Å². The molecule has 2 aliphatic rings. The first-order valence-corrected chi connectivity index (χ1v) is 7.80. The summed E-state index contributed by atoms with van der Waals surface area (Å²) in [5.41, 5.74) is 10.6. The smallest absolute Gasteiger partial charge is 0.377 e. The highest BCUT2D eigenvalue weighted by atomic mass is 17.0. The lowest BCUT2D eigenvalue weighted by Crippen LogP contribution is -2.34. The minimum absolute atomic E-state index is 0.000119.